The van der Waals surface area contributed by atoms with Crippen LogP contribution in [-0.4, -0.2) is 30.5 Å². The highest BCUT2D eigenvalue weighted by molar-refractivity contribution is 6.13. The number of unbranched alkanes of at least 4 members (excludes halogenated alkanes) is 1. The number of benzene rings is 1. The zero-order valence-electron chi connectivity index (χ0n) is 14.7. The molecular weight excluding hydrogens is 304 g/mol. The average molecular weight is 330 g/mol. The summed E-state index contributed by atoms with van der Waals surface area (Å²) in [6.45, 7) is 4.74. The van der Waals surface area contributed by atoms with Gasteiger partial charge in [-0.05, 0) is 36.1 Å². The standard InChI is InChI=1S/C19H26N2O3/c1-4-6-7-14(5-2)13-21-18(22)17(20-19(21)23)12-15-8-10-16(24-3)11-9-15/h8-12,14H,4-7,13H2,1-3H3,(H,20,23). The van der Waals surface area contributed by atoms with E-state index < -0.39 is 0 Å². The van der Waals surface area contributed by atoms with Crippen molar-refractivity contribution >= 4 is 18.0 Å². The predicted octanol–water partition coefficient (Wildman–Crippen LogP) is 3.80. The van der Waals surface area contributed by atoms with Crippen LogP contribution in [0.2, 0.25) is 0 Å². The second kappa shape index (κ2) is 8.52. The van der Waals surface area contributed by atoms with Crippen molar-refractivity contribution in [2.75, 3.05) is 13.7 Å². The van der Waals surface area contributed by atoms with E-state index in [4.69, 9.17) is 4.74 Å². The number of ether oxygens (including phenoxy) is 1. The highest BCUT2D eigenvalue weighted by atomic mass is 16.5. The minimum absolute atomic E-state index is 0.245. The lowest BCUT2D eigenvalue weighted by atomic mass is 9.99. The molecule has 0 aromatic heterocycles. The molecule has 1 N–H and O–H groups in total. The van der Waals surface area contributed by atoms with Gasteiger partial charge in [0.15, 0.2) is 0 Å². The second-order valence-electron chi connectivity index (χ2n) is 6.09. The predicted molar refractivity (Wildman–Crippen MR) is 94.5 cm³/mol. The number of nitrogens with one attached hydrogen (secondary N) is 1. The van der Waals surface area contributed by atoms with E-state index in [1.165, 1.54) is 4.90 Å². The van der Waals surface area contributed by atoms with Gasteiger partial charge in [-0.2, -0.15) is 0 Å². The molecule has 1 aromatic rings. The van der Waals surface area contributed by atoms with Gasteiger partial charge in [-0.1, -0.05) is 45.2 Å². The molecule has 1 heterocycles. The number of urea groups is 1. The van der Waals surface area contributed by atoms with Gasteiger partial charge in [-0.3, -0.25) is 9.69 Å². The minimum Gasteiger partial charge on any atom is -0.497 e. The molecule has 0 bridgehead atoms. The number of carbonyl (C=O) groups is 2. The van der Waals surface area contributed by atoms with Crippen LogP contribution < -0.4 is 10.1 Å². The molecule has 1 fully saturated rings. The fourth-order valence-corrected chi connectivity index (χ4v) is 2.78. The summed E-state index contributed by atoms with van der Waals surface area (Å²) in [6.07, 6.45) is 5.96. The molecule has 24 heavy (non-hydrogen) atoms. The van der Waals surface area contributed by atoms with Gasteiger partial charge in [0.05, 0.1) is 7.11 Å². The van der Waals surface area contributed by atoms with Gasteiger partial charge >= 0.3 is 6.03 Å². The third-order valence-corrected chi connectivity index (χ3v) is 4.37. The van der Waals surface area contributed by atoms with Gasteiger partial charge in [-0.15, -0.1) is 0 Å². The van der Waals surface area contributed by atoms with E-state index in [2.05, 4.69) is 19.2 Å². The number of amides is 3. The molecule has 0 spiro atoms. The topological polar surface area (TPSA) is 58.6 Å². The van der Waals surface area contributed by atoms with Crippen LogP contribution in [0.5, 0.6) is 5.75 Å². The van der Waals surface area contributed by atoms with Crippen LogP contribution in [-0.2, 0) is 4.79 Å². The summed E-state index contributed by atoms with van der Waals surface area (Å²) < 4.78 is 5.12. The molecule has 5 nitrogen and oxygen atoms in total. The zero-order valence-corrected chi connectivity index (χ0v) is 14.7. The molecule has 1 unspecified atom stereocenters. The van der Waals surface area contributed by atoms with Gasteiger partial charge in [-0.25, -0.2) is 4.79 Å². The Balaban J connectivity index is 2.08. The summed E-state index contributed by atoms with van der Waals surface area (Å²) in [5.41, 5.74) is 1.18. The van der Waals surface area contributed by atoms with Crippen molar-refractivity contribution in [2.24, 2.45) is 5.92 Å². The fraction of sp³-hybridized carbons (Fsp3) is 0.474. The van der Waals surface area contributed by atoms with Crippen molar-refractivity contribution in [3.05, 3.63) is 35.5 Å². The van der Waals surface area contributed by atoms with Crippen molar-refractivity contribution in [2.45, 2.75) is 39.5 Å². The normalized spacial score (nSPS) is 17.3. The number of rotatable bonds is 8. The highest BCUT2D eigenvalue weighted by Crippen LogP contribution is 2.20. The Morgan fingerprint density at radius 3 is 2.50 bits per heavy atom. The first-order valence-electron chi connectivity index (χ1n) is 8.57. The summed E-state index contributed by atoms with van der Waals surface area (Å²) in [4.78, 5) is 26.0. The number of hydrogen-bond acceptors (Lipinski definition) is 3. The molecule has 1 saturated heterocycles. The first kappa shape index (κ1) is 18.0. The Bertz CT molecular complexity index is 608. The SMILES string of the molecule is CCCCC(CC)CN1C(=O)NC(=Cc2ccc(OC)cc2)C1=O. The molecule has 5 heteroatoms. The van der Waals surface area contributed by atoms with Gasteiger partial charge in [0, 0.05) is 6.54 Å². The molecule has 2 rings (SSSR count). The molecule has 1 aliphatic rings. The van der Waals surface area contributed by atoms with Crippen LogP contribution in [0.1, 0.15) is 45.1 Å². The Morgan fingerprint density at radius 2 is 1.92 bits per heavy atom. The molecule has 1 aromatic carbocycles. The average Bonchev–Trinajstić information content (AvgIpc) is 2.86. The Kier molecular flexibility index (Phi) is 6.41. The molecule has 130 valence electrons. The van der Waals surface area contributed by atoms with E-state index in [0.717, 1.165) is 37.0 Å². The summed E-state index contributed by atoms with van der Waals surface area (Å²) >= 11 is 0. The first-order valence-corrected chi connectivity index (χ1v) is 8.57. The van der Waals surface area contributed by atoms with Crippen molar-refractivity contribution < 1.29 is 14.3 Å². The molecule has 0 saturated carbocycles. The lowest BCUT2D eigenvalue weighted by Crippen LogP contribution is -2.35. The summed E-state index contributed by atoms with van der Waals surface area (Å²) in [7, 11) is 1.61. The third kappa shape index (κ3) is 4.37. The maximum Gasteiger partial charge on any atom is 0.329 e. The van der Waals surface area contributed by atoms with E-state index in [9.17, 15) is 9.59 Å². The molecule has 1 aliphatic heterocycles. The zero-order chi connectivity index (χ0) is 17.5. The smallest absolute Gasteiger partial charge is 0.329 e. The number of imide groups is 1. The Hall–Kier alpha value is -2.30. The maximum atomic E-state index is 12.5. The maximum absolute atomic E-state index is 12.5. The van der Waals surface area contributed by atoms with E-state index in [1.54, 1.807) is 13.2 Å². The largest absolute Gasteiger partial charge is 0.497 e. The third-order valence-electron chi connectivity index (χ3n) is 4.37. The van der Waals surface area contributed by atoms with Gasteiger partial charge in [0.25, 0.3) is 5.91 Å². The summed E-state index contributed by atoms with van der Waals surface area (Å²) in [5, 5.41) is 2.68. The van der Waals surface area contributed by atoms with Crippen molar-refractivity contribution in [1.82, 2.24) is 10.2 Å². The minimum atomic E-state index is -0.324. The molecule has 0 radical (unpaired) electrons. The van der Waals surface area contributed by atoms with Crippen molar-refractivity contribution in [1.29, 1.82) is 0 Å². The number of nitrogens with zero attached hydrogens (tertiary/aromatic N) is 1. The number of methoxy groups -OCH3 is 1. The lowest BCUT2D eigenvalue weighted by molar-refractivity contribution is -0.123. The summed E-state index contributed by atoms with van der Waals surface area (Å²) in [5.74, 6) is 0.869. The van der Waals surface area contributed by atoms with Gasteiger partial charge < -0.3 is 10.1 Å². The van der Waals surface area contributed by atoms with Gasteiger partial charge in [0.2, 0.25) is 0 Å². The summed E-state index contributed by atoms with van der Waals surface area (Å²) in [6, 6.07) is 7.02. The first-order chi connectivity index (χ1) is 11.6. The van der Waals surface area contributed by atoms with E-state index in [1.807, 2.05) is 24.3 Å². The number of carbonyl (C=O) groups excluding carboxylic acids is 2. The van der Waals surface area contributed by atoms with Gasteiger partial charge in [0.1, 0.15) is 11.4 Å². The number of hydrogen-bond donors (Lipinski definition) is 1. The van der Waals surface area contributed by atoms with Crippen LogP contribution in [0.3, 0.4) is 0 Å². The highest BCUT2D eigenvalue weighted by Gasteiger charge is 2.34. The van der Waals surface area contributed by atoms with E-state index in [-0.39, 0.29) is 11.9 Å². The molecule has 1 atom stereocenters. The van der Waals surface area contributed by atoms with E-state index in [0.29, 0.717) is 18.2 Å². The van der Waals surface area contributed by atoms with Crippen LogP contribution in [0, 0.1) is 5.92 Å². The molecule has 0 aliphatic carbocycles. The van der Waals surface area contributed by atoms with Crippen molar-refractivity contribution in [3.8, 4) is 5.75 Å². The lowest BCUT2D eigenvalue weighted by Gasteiger charge is -2.20. The van der Waals surface area contributed by atoms with Crippen LogP contribution in [0.25, 0.3) is 6.08 Å². The monoisotopic (exact) mass is 330 g/mol. The Labute approximate surface area is 143 Å². The molecular formula is C19H26N2O3. The van der Waals surface area contributed by atoms with Crippen LogP contribution in [0.4, 0.5) is 4.79 Å². The second-order valence-corrected chi connectivity index (χ2v) is 6.09. The fourth-order valence-electron chi connectivity index (χ4n) is 2.78. The Morgan fingerprint density at radius 1 is 1.21 bits per heavy atom. The molecule has 3 amide bonds. The van der Waals surface area contributed by atoms with Crippen molar-refractivity contribution in [3.63, 3.8) is 0 Å². The van der Waals surface area contributed by atoms with Crippen LogP contribution in [0.15, 0.2) is 30.0 Å². The quantitative estimate of drug-likeness (QED) is 0.582. The van der Waals surface area contributed by atoms with Crippen LogP contribution >= 0.6 is 0 Å². The van der Waals surface area contributed by atoms with E-state index >= 15 is 0 Å².